The van der Waals surface area contributed by atoms with E-state index in [9.17, 15) is 5.11 Å². The molecule has 0 atom stereocenters. The Kier molecular flexibility index (Phi) is 3.62. The summed E-state index contributed by atoms with van der Waals surface area (Å²) in [6.07, 6.45) is 1.56. The van der Waals surface area contributed by atoms with E-state index >= 15 is 0 Å². The summed E-state index contributed by atoms with van der Waals surface area (Å²) in [5, 5.41) is 13.9. The fourth-order valence-electron chi connectivity index (χ4n) is 2.03. The average molecular weight is 345 g/mol. The van der Waals surface area contributed by atoms with Gasteiger partial charge in [0.1, 0.15) is 5.75 Å². The van der Waals surface area contributed by atoms with Crippen LogP contribution in [0, 0.1) is 0 Å². The lowest BCUT2D eigenvalue weighted by atomic mass is 10.2. The molecule has 2 aromatic carbocycles. The maximum absolute atomic E-state index is 9.74. The first-order valence-corrected chi connectivity index (χ1v) is 7.13. The highest BCUT2D eigenvalue weighted by atomic mass is 79.9. The van der Waals surface area contributed by atoms with Gasteiger partial charge in [0.25, 0.3) is 0 Å². The van der Waals surface area contributed by atoms with Gasteiger partial charge in [-0.1, -0.05) is 28.1 Å². The predicted octanol–water partition coefficient (Wildman–Crippen LogP) is 3.49. The second-order valence-corrected chi connectivity index (χ2v) is 5.47. The highest BCUT2D eigenvalue weighted by Gasteiger charge is 2.05. The van der Waals surface area contributed by atoms with Crippen molar-refractivity contribution in [3.63, 3.8) is 0 Å². The number of phenols is 1. The van der Waals surface area contributed by atoms with Gasteiger partial charge in [-0.2, -0.15) is 5.10 Å². The molecule has 0 fully saturated rings. The van der Waals surface area contributed by atoms with Crippen LogP contribution < -0.4 is 5.43 Å². The van der Waals surface area contributed by atoms with Crippen molar-refractivity contribution in [2.45, 2.75) is 0 Å². The van der Waals surface area contributed by atoms with Crippen molar-refractivity contribution in [2.24, 2.45) is 12.1 Å². The van der Waals surface area contributed by atoms with Gasteiger partial charge in [0, 0.05) is 17.1 Å². The molecule has 0 aliphatic carbocycles. The molecule has 21 heavy (non-hydrogen) atoms. The molecule has 0 saturated carbocycles. The highest BCUT2D eigenvalue weighted by molar-refractivity contribution is 9.10. The molecule has 6 heteroatoms. The van der Waals surface area contributed by atoms with Gasteiger partial charge in [0.05, 0.1) is 17.2 Å². The molecule has 0 amide bonds. The molecular formula is C15H13BrN4O. The Bertz CT molecular complexity index is 826. The van der Waals surface area contributed by atoms with Gasteiger partial charge < -0.3 is 9.67 Å². The van der Waals surface area contributed by atoms with Crippen molar-refractivity contribution in [2.75, 3.05) is 5.43 Å². The summed E-state index contributed by atoms with van der Waals surface area (Å²) in [7, 11) is 1.92. The third kappa shape index (κ3) is 2.75. The number of nitrogens with one attached hydrogen (secondary N) is 1. The van der Waals surface area contributed by atoms with Gasteiger partial charge >= 0.3 is 0 Å². The quantitative estimate of drug-likeness (QED) is 0.564. The van der Waals surface area contributed by atoms with Crippen molar-refractivity contribution < 1.29 is 5.11 Å². The SMILES string of the molecule is Cn1c(N/N=C\c2cc(Br)ccc2O)nc2ccccc21. The lowest BCUT2D eigenvalue weighted by Crippen LogP contribution is -1.98. The lowest BCUT2D eigenvalue weighted by Gasteiger charge is -2.01. The van der Waals surface area contributed by atoms with Gasteiger partial charge in [0.2, 0.25) is 5.95 Å². The van der Waals surface area contributed by atoms with Crippen LogP contribution >= 0.6 is 15.9 Å². The number of aromatic nitrogens is 2. The number of hydrogen-bond acceptors (Lipinski definition) is 4. The van der Waals surface area contributed by atoms with Crippen LogP contribution in [0.4, 0.5) is 5.95 Å². The predicted molar refractivity (Wildman–Crippen MR) is 87.7 cm³/mol. The molecule has 5 nitrogen and oxygen atoms in total. The molecule has 1 heterocycles. The number of imidazole rings is 1. The number of phenolic OH excluding ortho intramolecular Hbond substituents is 1. The van der Waals surface area contributed by atoms with Gasteiger partial charge in [-0.3, -0.25) is 0 Å². The summed E-state index contributed by atoms with van der Waals surface area (Å²) in [4.78, 5) is 4.45. The molecule has 0 saturated heterocycles. The van der Waals surface area contributed by atoms with Gasteiger partial charge in [-0.05, 0) is 30.3 Å². The van der Waals surface area contributed by atoms with E-state index in [0.717, 1.165) is 15.5 Å². The molecule has 0 unspecified atom stereocenters. The monoisotopic (exact) mass is 344 g/mol. The summed E-state index contributed by atoms with van der Waals surface area (Å²) in [5.41, 5.74) is 5.45. The number of hydrazone groups is 1. The van der Waals surface area contributed by atoms with Crippen LogP contribution in [0.25, 0.3) is 11.0 Å². The molecule has 2 N–H and O–H groups in total. The Labute approximate surface area is 130 Å². The Morgan fingerprint density at radius 1 is 1.29 bits per heavy atom. The van der Waals surface area contributed by atoms with E-state index in [1.54, 1.807) is 24.4 Å². The molecule has 0 aliphatic rings. The van der Waals surface area contributed by atoms with E-state index in [2.05, 4.69) is 31.4 Å². The van der Waals surface area contributed by atoms with E-state index in [4.69, 9.17) is 0 Å². The fourth-order valence-corrected chi connectivity index (χ4v) is 2.41. The van der Waals surface area contributed by atoms with Gasteiger partial charge in [-0.25, -0.2) is 10.4 Å². The fraction of sp³-hybridized carbons (Fsp3) is 0.0667. The minimum absolute atomic E-state index is 0.175. The number of halogens is 1. The first-order chi connectivity index (χ1) is 10.1. The molecule has 0 radical (unpaired) electrons. The topological polar surface area (TPSA) is 62.4 Å². The number of fused-ring (bicyclic) bond motifs is 1. The second kappa shape index (κ2) is 5.57. The van der Waals surface area contributed by atoms with Crippen molar-refractivity contribution in [3.8, 4) is 5.75 Å². The smallest absolute Gasteiger partial charge is 0.224 e. The van der Waals surface area contributed by atoms with Crippen molar-refractivity contribution in [3.05, 3.63) is 52.5 Å². The molecule has 0 spiro atoms. The maximum Gasteiger partial charge on any atom is 0.224 e. The molecule has 0 bridgehead atoms. The van der Waals surface area contributed by atoms with Crippen LogP contribution in [0.15, 0.2) is 52.0 Å². The zero-order valence-electron chi connectivity index (χ0n) is 11.3. The van der Waals surface area contributed by atoms with Crippen LogP contribution in [-0.2, 0) is 7.05 Å². The van der Waals surface area contributed by atoms with Gasteiger partial charge in [-0.15, -0.1) is 0 Å². The largest absolute Gasteiger partial charge is 0.507 e. The Morgan fingerprint density at radius 3 is 2.90 bits per heavy atom. The number of aryl methyl sites for hydroxylation is 1. The van der Waals surface area contributed by atoms with Crippen LogP contribution in [0.5, 0.6) is 5.75 Å². The van der Waals surface area contributed by atoms with E-state index in [0.29, 0.717) is 11.5 Å². The number of benzene rings is 2. The third-order valence-corrected chi connectivity index (χ3v) is 3.64. The Balaban J connectivity index is 1.84. The summed E-state index contributed by atoms with van der Waals surface area (Å²) in [5.74, 6) is 0.815. The standard InChI is InChI=1S/C15H13BrN4O/c1-20-13-5-3-2-4-12(13)18-15(20)19-17-9-10-8-11(16)6-7-14(10)21/h2-9,21H,1H3,(H,18,19)/b17-9-. The van der Waals surface area contributed by atoms with E-state index in [1.807, 2.05) is 35.9 Å². The Morgan fingerprint density at radius 2 is 2.10 bits per heavy atom. The second-order valence-electron chi connectivity index (χ2n) is 4.56. The first-order valence-electron chi connectivity index (χ1n) is 6.34. The molecule has 1 aromatic heterocycles. The third-order valence-electron chi connectivity index (χ3n) is 3.14. The number of para-hydroxylation sites is 2. The van der Waals surface area contributed by atoms with Crippen LogP contribution in [-0.4, -0.2) is 20.9 Å². The number of anilines is 1. The van der Waals surface area contributed by atoms with Crippen LogP contribution in [0.2, 0.25) is 0 Å². The number of aromatic hydroxyl groups is 1. The summed E-state index contributed by atoms with van der Waals surface area (Å²) >= 11 is 3.36. The summed E-state index contributed by atoms with van der Waals surface area (Å²) in [6.45, 7) is 0. The van der Waals surface area contributed by atoms with Crippen molar-refractivity contribution in [1.29, 1.82) is 0 Å². The molecule has 106 valence electrons. The highest BCUT2D eigenvalue weighted by Crippen LogP contribution is 2.20. The van der Waals surface area contributed by atoms with Crippen LogP contribution in [0.3, 0.4) is 0 Å². The molecule has 3 aromatic rings. The lowest BCUT2D eigenvalue weighted by molar-refractivity contribution is 0.474. The molecule has 0 aliphatic heterocycles. The minimum Gasteiger partial charge on any atom is -0.507 e. The normalized spacial score (nSPS) is 11.3. The molecule has 3 rings (SSSR count). The number of rotatable bonds is 3. The van der Waals surface area contributed by atoms with Crippen molar-refractivity contribution >= 4 is 39.1 Å². The van der Waals surface area contributed by atoms with E-state index in [1.165, 1.54) is 0 Å². The zero-order chi connectivity index (χ0) is 14.8. The van der Waals surface area contributed by atoms with Crippen LogP contribution in [0.1, 0.15) is 5.56 Å². The summed E-state index contributed by atoms with van der Waals surface area (Å²) < 4.78 is 2.80. The van der Waals surface area contributed by atoms with E-state index in [-0.39, 0.29) is 5.75 Å². The number of hydrogen-bond donors (Lipinski definition) is 2. The van der Waals surface area contributed by atoms with Gasteiger partial charge in [0.15, 0.2) is 0 Å². The minimum atomic E-state index is 0.175. The number of nitrogens with zero attached hydrogens (tertiary/aromatic N) is 3. The molecular weight excluding hydrogens is 332 g/mol. The Hall–Kier alpha value is -2.34. The zero-order valence-corrected chi connectivity index (χ0v) is 12.9. The van der Waals surface area contributed by atoms with E-state index < -0.39 is 0 Å². The maximum atomic E-state index is 9.74. The first kappa shape index (κ1) is 13.6. The average Bonchev–Trinajstić information content (AvgIpc) is 2.80. The van der Waals surface area contributed by atoms with Crippen molar-refractivity contribution in [1.82, 2.24) is 9.55 Å². The summed E-state index contributed by atoms with van der Waals surface area (Å²) in [6, 6.07) is 13.0.